The molecule has 1 aromatic carbocycles. The van der Waals surface area contributed by atoms with E-state index in [0.29, 0.717) is 0 Å². The molecule has 0 aliphatic heterocycles. The lowest BCUT2D eigenvalue weighted by Gasteiger charge is -2.07. The molecule has 6 nitrogen and oxygen atoms in total. The molecule has 1 N–H and O–H groups in total. The van der Waals surface area contributed by atoms with Crippen LogP contribution in [-0.4, -0.2) is 38.3 Å². The van der Waals surface area contributed by atoms with Crippen LogP contribution in [0.25, 0.3) is 0 Å². The molecule has 7 heteroatoms. The van der Waals surface area contributed by atoms with E-state index in [-0.39, 0.29) is 29.1 Å². The van der Waals surface area contributed by atoms with Crippen molar-refractivity contribution in [2.24, 2.45) is 0 Å². The number of carbonyl (C=O) groups excluding carboxylic acids is 1. The van der Waals surface area contributed by atoms with Crippen LogP contribution >= 0.6 is 0 Å². The van der Waals surface area contributed by atoms with E-state index in [1.807, 2.05) is 0 Å². The van der Waals surface area contributed by atoms with Gasteiger partial charge in [-0.25, -0.2) is 13.2 Å². The maximum Gasteiger partial charge on any atom is 0.337 e. The van der Waals surface area contributed by atoms with Crippen molar-refractivity contribution >= 4 is 21.8 Å². The van der Waals surface area contributed by atoms with Gasteiger partial charge in [-0.1, -0.05) is 12.1 Å². The average Bonchev–Trinajstić information content (AvgIpc) is 2.38. The Hall–Kier alpha value is -1.89. The van der Waals surface area contributed by atoms with Crippen molar-refractivity contribution in [1.82, 2.24) is 0 Å². The zero-order valence-corrected chi connectivity index (χ0v) is 11.1. The predicted molar refractivity (Wildman–Crippen MR) is 66.7 cm³/mol. The highest BCUT2D eigenvalue weighted by Crippen LogP contribution is 2.18. The fraction of sp³-hybridized carbons (Fsp3) is 0.333. The molecule has 0 heterocycles. The minimum Gasteiger partial charge on any atom is -0.478 e. The van der Waals surface area contributed by atoms with Gasteiger partial charge in [0.15, 0.2) is 9.84 Å². The highest BCUT2D eigenvalue weighted by Gasteiger charge is 2.21. The molecule has 0 saturated heterocycles. The fourth-order valence-electron chi connectivity index (χ4n) is 1.53. The van der Waals surface area contributed by atoms with Crippen molar-refractivity contribution in [2.45, 2.75) is 17.7 Å². The van der Waals surface area contributed by atoms with Crippen molar-refractivity contribution in [2.75, 3.05) is 12.9 Å². The Bertz CT molecular complexity index is 576. The number of ether oxygens (including phenoxy) is 1. The van der Waals surface area contributed by atoms with Crippen LogP contribution in [0.1, 0.15) is 23.2 Å². The Morgan fingerprint density at radius 2 is 1.89 bits per heavy atom. The van der Waals surface area contributed by atoms with Gasteiger partial charge in [0.1, 0.15) is 0 Å². The number of carboxylic acids is 1. The van der Waals surface area contributed by atoms with Gasteiger partial charge in [0.05, 0.1) is 23.3 Å². The van der Waals surface area contributed by atoms with E-state index in [1.54, 1.807) is 0 Å². The average molecular weight is 286 g/mol. The third kappa shape index (κ3) is 4.06. The second-order valence-electron chi connectivity index (χ2n) is 3.80. The number of carboxylic acid groups (broad SMARTS) is 1. The van der Waals surface area contributed by atoms with Crippen molar-refractivity contribution in [3.05, 3.63) is 29.8 Å². The van der Waals surface area contributed by atoms with Crippen molar-refractivity contribution in [1.29, 1.82) is 0 Å². The first-order valence-electron chi connectivity index (χ1n) is 5.50. The van der Waals surface area contributed by atoms with Gasteiger partial charge < -0.3 is 9.84 Å². The fourth-order valence-corrected chi connectivity index (χ4v) is 3.05. The summed E-state index contributed by atoms with van der Waals surface area (Å²) < 4.78 is 28.4. The van der Waals surface area contributed by atoms with E-state index in [4.69, 9.17) is 5.11 Å². The highest BCUT2D eigenvalue weighted by molar-refractivity contribution is 7.91. The van der Waals surface area contributed by atoms with Gasteiger partial charge in [-0.2, -0.15) is 0 Å². The van der Waals surface area contributed by atoms with Crippen molar-refractivity contribution in [3.63, 3.8) is 0 Å². The first-order chi connectivity index (χ1) is 8.88. The van der Waals surface area contributed by atoms with Crippen LogP contribution in [0.15, 0.2) is 29.2 Å². The molecule has 0 amide bonds. The second-order valence-corrected chi connectivity index (χ2v) is 5.88. The van der Waals surface area contributed by atoms with Crippen LogP contribution in [0.3, 0.4) is 0 Å². The molecule has 0 unspecified atom stereocenters. The van der Waals surface area contributed by atoms with Crippen LogP contribution in [0.4, 0.5) is 0 Å². The van der Waals surface area contributed by atoms with Crippen LogP contribution in [0.5, 0.6) is 0 Å². The lowest BCUT2D eigenvalue weighted by molar-refractivity contribution is -0.140. The summed E-state index contributed by atoms with van der Waals surface area (Å²) in [7, 11) is -2.51. The van der Waals surface area contributed by atoms with E-state index >= 15 is 0 Å². The number of hydrogen-bond acceptors (Lipinski definition) is 5. The zero-order chi connectivity index (χ0) is 14.5. The topological polar surface area (TPSA) is 97.7 Å². The van der Waals surface area contributed by atoms with E-state index < -0.39 is 21.8 Å². The highest BCUT2D eigenvalue weighted by atomic mass is 32.2. The molecule has 104 valence electrons. The molecule has 19 heavy (non-hydrogen) atoms. The van der Waals surface area contributed by atoms with Gasteiger partial charge in [0.2, 0.25) is 0 Å². The van der Waals surface area contributed by atoms with Gasteiger partial charge >= 0.3 is 11.9 Å². The smallest absolute Gasteiger partial charge is 0.337 e. The molecular formula is C12H14O6S. The normalized spacial score (nSPS) is 11.0. The third-order valence-electron chi connectivity index (χ3n) is 2.47. The Kier molecular flexibility index (Phi) is 5.05. The van der Waals surface area contributed by atoms with Gasteiger partial charge in [0, 0.05) is 6.42 Å². The zero-order valence-electron chi connectivity index (χ0n) is 10.3. The summed E-state index contributed by atoms with van der Waals surface area (Å²) in [5.74, 6) is -2.10. The molecule has 0 fully saturated rings. The number of methoxy groups -OCH3 is 1. The second kappa shape index (κ2) is 6.33. The van der Waals surface area contributed by atoms with E-state index in [9.17, 15) is 18.0 Å². The van der Waals surface area contributed by atoms with E-state index in [0.717, 1.165) is 0 Å². The molecular weight excluding hydrogens is 272 g/mol. The Labute approximate surface area is 110 Å². The Balaban J connectivity index is 2.89. The number of esters is 1. The number of carbonyl (C=O) groups is 2. The molecule has 0 spiro atoms. The van der Waals surface area contributed by atoms with E-state index in [1.165, 1.54) is 31.4 Å². The lowest BCUT2D eigenvalue weighted by Crippen LogP contribution is -2.13. The van der Waals surface area contributed by atoms with Gasteiger partial charge in [0.25, 0.3) is 0 Å². The summed E-state index contributed by atoms with van der Waals surface area (Å²) in [4.78, 5) is 21.6. The molecule has 0 bridgehead atoms. The minimum absolute atomic E-state index is 0.0228. The molecule has 0 radical (unpaired) electrons. The van der Waals surface area contributed by atoms with Gasteiger partial charge in [-0.3, -0.25) is 4.79 Å². The largest absolute Gasteiger partial charge is 0.478 e. The number of rotatable bonds is 6. The maximum absolute atomic E-state index is 12.0. The molecule has 1 aromatic rings. The summed E-state index contributed by atoms with van der Waals surface area (Å²) in [6.45, 7) is 0. The molecule has 0 aromatic heterocycles. The van der Waals surface area contributed by atoms with Crippen LogP contribution in [0, 0.1) is 0 Å². The van der Waals surface area contributed by atoms with Crippen LogP contribution in [-0.2, 0) is 19.4 Å². The molecule has 0 aliphatic carbocycles. The quantitative estimate of drug-likeness (QED) is 0.787. The van der Waals surface area contributed by atoms with Gasteiger partial charge in [-0.15, -0.1) is 0 Å². The molecule has 0 saturated carbocycles. The first kappa shape index (κ1) is 15.2. The first-order valence-corrected chi connectivity index (χ1v) is 7.15. The summed E-state index contributed by atoms with van der Waals surface area (Å²) >= 11 is 0. The molecule has 0 atom stereocenters. The third-order valence-corrected chi connectivity index (χ3v) is 4.33. The Morgan fingerprint density at radius 3 is 2.47 bits per heavy atom. The lowest BCUT2D eigenvalue weighted by atomic mass is 10.2. The van der Waals surface area contributed by atoms with Gasteiger partial charge in [-0.05, 0) is 18.6 Å². The number of aromatic carboxylic acids is 1. The number of sulfone groups is 1. The van der Waals surface area contributed by atoms with Crippen molar-refractivity contribution < 1.29 is 27.9 Å². The number of benzene rings is 1. The summed E-state index contributed by atoms with van der Waals surface area (Å²) in [6, 6.07) is 5.39. The maximum atomic E-state index is 12.0. The molecule has 0 aliphatic rings. The Morgan fingerprint density at radius 1 is 1.26 bits per heavy atom. The van der Waals surface area contributed by atoms with E-state index in [2.05, 4.69) is 4.74 Å². The van der Waals surface area contributed by atoms with Crippen LogP contribution < -0.4 is 0 Å². The monoisotopic (exact) mass is 286 g/mol. The predicted octanol–water partition coefficient (Wildman–Crippen LogP) is 1.11. The molecule has 1 rings (SSSR count). The summed E-state index contributed by atoms with van der Waals surface area (Å²) in [6.07, 6.45) is 0.0634. The number of hydrogen-bond donors (Lipinski definition) is 1. The SMILES string of the molecule is COC(=O)CCCS(=O)(=O)c1ccccc1C(=O)O. The summed E-state index contributed by atoms with van der Waals surface area (Å²) in [5.41, 5.74) is -0.263. The standard InChI is InChI=1S/C12H14O6S/c1-18-11(13)7-4-8-19(16,17)10-6-3-2-5-9(10)12(14)15/h2-3,5-6H,4,7-8H2,1H3,(H,14,15). The van der Waals surface area contributed by atoms with Crippen molar-refractivity contribution in [3.8, 4) is 0 Å². The van der Waals surface area contributed by atoms with Crippen LogP contribution in [0.2, 0.25) is 0 Å². The summed E-state index contributed by atoms with van der Waals surface area (Å²) in [5, 5.41) is 8.94. The minimum atomic E-state index is -3.73.